The second-order valence-electron chi connectivity index (χ2n) is 6.60. The Kier molecular flexibility index (Phi) is 5.29. The average Bonchev–Trinajstić information content (AvgIpc) is 3.46. The summed E-state index contributed by atoms with van der Waals surface area (Å²) in [5, 5.41) is 5.60. The molecule has 7 nitrogen and oxygen atoms in total. The Morgan fingerprint density at radius 2 is 1.59 bits per heavy atom. The van der Waals surface area contributed by atoms with Gasteiger partial charge in [-0.3, -0.25) is 9.59 Å². The largest absolute Gasteiger partial charge is 0.349 e. The second kappa shape index (κ2) is 7.50. The van der Waals surface area contributed by atoms with Crippen LogP contribution in [-0.2, 0) is 10.0 Å². The van der Waals surface area contributed by atoms with Gasteiger partial charge in [0.15, 0.2) is 0 Å². The molecule has 1 saturated carbocycles. The van der Waals surface area contributed by atoms with Crippen molar-refractivity contribution in [3.63, 3.8) is 0 Å². The van der Waals surface area contributed by atoms with E-state index in [-0.39, 0.29) is 22.4 Å². The number of hydrogen-bond donors (Lipinski definition) is 2. The standard InChI is InChI=1S/C19H21N3O4S/c1-22(2)27(25,26)17-8-4-6-14(12-17)19(24)21-16-7-3-5-13(11-16)18(23)20-15-9-10-15/h3-8,11-12,15H,9-10H2,1-2H3,(H,20,23)(H,21,24). The maximum atomic E-state index is 12.5. The van der Waals surface area contributed by atoms with Crippen LogP contribution >= 0.6 is 0 Å². The Balaban J connectivity index is 1.77. The number of carbonyl (C=O) groups is 2. The van der Waals surface area contributed by atoms with Crippen molar-refractivity contribution in [2.45, 2.75) is 23.8 Å². The highest BCUT2D eigenvalue weighted by atomic mass is 32.2. The van der Waals surface area contributed by atoms with Gasteiger partial charge in [-0.05, 0) is 49.2 Å². The fourth-order valence-electron chi connectivity index (χ4n) is 2.45. The number of nitrogens with one attached hydrogen (secondary N) is 2. The van der Waals surface area contributed by atoms with E-state index < -0.39 is 15.9 Å². The van der Waals surface area contributed by atoms with Gasteiger partial charge < -0.3 is 10.6 Å². The van der Waals surface area contributed by atoms with Gasteiger partial charge in [0.1, 0.15) is 0 Å². The minimum Gasteiger partial charge on any atom is -0.349 e. The molecule has 0 saturated heterocycles. The van der Waals surface area contributed by atoms with E-state index in [1.165, 1.54) is 38.4 Å². The van der Waals surface area contributed by atoms with Gasteiger partial charge in [-0.2, -0.15) is 0 Å². The summed E-state index contributed by atoms with van der Waals surface area (Å²) >= 11 is 0. The number of nitrogens with zero attached hydrogens (tertiary/aromatic N) is 1. The van der Waals surface area contributed by atoms with Gasteiger partial charge in [0.25, 0.3) is 11.8 Å². The lowest BCUT2D eigenvalue weighted by atomic mass is 10.1. The molecule has 1 fully saturated rings. The molecule has 3 rings (SSSR count). The van der Waals surface area contributed by atoms with Crippen LogP contribution < -0.4 is 10.6 Å². The Bertz CT molecular complexity index is 982. The molecule has 0 heterocycles. The number of benzene rings is 2. The molecule has 2 aromatic rings. The highest BCUT2D eigenvalue weighted by Crippen LogP contribution is 2.20. The molecule has 0 bridgehead atoms. The van der Waals surface area contributed by atoms with Gasteiger partial charge in [-0.25, -0.2) is 12.7 Å². The van der Waals surface area contributed by atoms with Crippen molar-refractivity contribution >= 4 is 27.5 Å². The first-order valence-corrected chi connectivity index (χ1v) is 9.96. The Morgan fingerprint density at radius 3 is 2.22 bits per heavy atom. The molecule has 0 aromatic heterocycles. The summed E-state index contributed by atoms with van der Waals surface area (Å²) in [7, 11) is -0.767. The van der Waals surface area contributed by atoms with E-state index in [2.05, 4.69) is 10.6 Å². The van der Waals surface area contributed by atoms with E-state index in [1.54, 1.807) is 24.3 Å². The third-order valence-electron chi connectivity index (χ3n) is 4.17. The molecule has 2 aromatic carbocycles. The molecule has 1 aliphatic rings. The fourth-order valence-corrected chi connectivity index (χ4v) is 3.39. The number of hydrogen-bond acceptors (Lipinski definition) is 4. The molecule has 0 aliphatic heterocycles. The molecular formula is C19H21N3O4S. The van der Waals surface area contributed by atoms with E-state index in [0.717, 1.165) is 17.1 Å². The van der Waals surface area contributed by atoms with E-state index in [9.17, 15) is 18.0 Å². The monoisotopic (exact) mass is 387 g/mol. The minimum atomic E-state index is -3.63. The first kappa shape index (κ1) is 19.1. The van der Waals surface area contributed by atoms with Crippen molar-refractivity contribution in [2.75, 3.05) is 19.4 Å². The average molecular weight is 387 g/mol. The van der Waals surface area contributed by atoms with Gasteiger partial charge in [-0.1, -0.05) is 12.1 Å². The van der Waals surface area contributed by atoms with Crippen LogP contribution in [0.3, 0.4) is 0 Å². The Morgan fingerprint density at radius 1 is 0.963 bits per heavy atom. The van der Waals surface area contributed by atoms with Crippen LogP contribution in [0.25, 0.3) is 0 Å². The lowest BCUT2D eigenvalue weighted by molar-refractivity contribution is 0.0949. The molecule has 142 valence electrons. The highest BCUT2D eigenvalue weighted by Gasteiger charge is 2.24. The van der Waals surface area contributed by atoms with Crippen molar-refractivity contribution in [1.29, 1.82) is 0 Å². The zero-order chi connectivity index (χ0) is 19.6. The molecular weight excluding hydrogens is 366 g/mol. The van der Waals surface area contributed by atoms with Crippen molar-refractivity contribution in [1.82, 2.24) is 9.62 Å². The van der Waals surface area contributed by atoms with Gasteiger partial charge >= 0.3 is 0 Å². The Hall–Kier alpha value is -2.71. The highest BCUT2D eigenvalue weighted by molar-refractivity contribution is 7.89. The molecule has 0 radical (unpaired) electrons. The number of anilines is 1. The summed E-state index contributed by atoms with van der Waals surface area (Å²) in [5.74, 6) is -0.627. The van der Waals surface area contributed by atoms with E-state index in [4.69, 9.17) is 0 Å². The number of amides is 2. The van der Waals surface area contributed by atoms with Crippen LogP contribution in [0.15, 0.2) is 53.4 Å². The third-order valence-corrected chi connectivity index (χ3v) is 5.98. The molecule has 2 amide bonds. The van der Waals surface area contributed by atoms with Crippen LogP contribution in [0.5, 0.6) is 0 Å². The topological polar surface area (TPSA) is 95.6 Å². The van der Waals surface area contributed by atoms with Crippen molar-refractivity contribution in [3.8, 4) is 0 Å². The molecule has 0 spiro atoms. The van der Waals surface area contributed by atoms with Crippen LogP contribution in [0, 0.1) is 0 Å². The summed E-state index contributed by atoms with van der Waals surface area (Å²) in [6.07, 6.45) is 1.99. The number of carbonyl (C=O) groups excluding carboxylic acids is 2. The lowest BCUT2D eigenvalue weighted by Gasteiger charge is -2.12. The van der Waals surface area contributed by atoms with Gasteiger partial charge in [0.2, 0.25) is 10.0 Å². The molecule has 2 N–H and O–H groups in total. The van der Waals surface area contributed by atoms with Gasteiger partial charge in [0.05, 0.1) is 4.90 Å². The smallest absolute Gasteiger partial charge is 0.255 e. The van der Waals surface area contributed by atoms with E-state index >= 15 is 0 Å². The molecule has 0 atom stereocenters. The Labute approximate surface area is 158 Å². The predicted molar refractivity (Wildman–Crippen MR) is 102 cm³/mol. The lowest BCUT2D eigenvalue weighted by Crippen LogP contribution is -2.25. The first-order chi connectivity index (χ1) is 12.8. The maximum absolute atomic E-state index is 12.5. The van der Waals surface area contributed by atoms with Crippen LogP contribution in [0.2, 0.25) is 0 Å². The zero-order valence-corrected chi connectivity index (χ0v) is 15.9. The van der Waals surface area contributed by atoms with Crippen molar-refractivity contribution in [3.05, 3.63) is 59.7 Å². The summed E-state index contributed by atoms with van der Waals surface area (Å²) in [4.78, 5) is 24.7. The molecule has 8 heteroatoms. The van der Waals surface area contributed by atoms with Crippen LogP contribution in [0.1, 0.15) is 33.6 Å². The first-order valence-electron chi connectivity index (χ1n) is 8.52. The summed E-state index contributed by atoms with van der Waals surface area (Å²) in [6.45, 7) is 0. The SMILES string of the molecule is CN(C)S(=O)(=O)c1cccc(C(=O)Nc2cccc(C(=O)NC3CC3)c2)c1. The minimum absolute atomic E-state index is 0.0395. The molecule has 0 unspecified atom stereocenters. The van der Waals surface area contributed by atoms with Gasteiger partial charge in [-0.15, -0.1) is 0 Å². The molecule has 27 heavy (non-hydrogen) atoms. The van der Waals surface area contributed by atoms with E-state index in [0.29, 0.717) is 11.3 Å². The normalized spacial score (nSPS) is 14.0. The zero-order valence-electron chi connectivity index (χ0n) is 15.1. The van der Waals surface area contributed by atoms with Gasteiger partial charge in [0, 0.05) is 37.0 Å². The predicted octanol–water partition coefficient (Wildman–Crippen LogP) is 2.08. The third kappa shape index (κ3) is 4.53. The summed E-state index contributed by atoms with van der Waals surface area (Å²) in [6, 6.07) is 12.7. The quantitative estimate of drug-likeness (QED) is 0.793. The maximum Gasteiger partial charge on any atom is 0.255 e. The number of rotatable bonds is 6. The summed E-state index contributed by atoms with van der Waals surface area (Å²) < 4.78 is 25.5. The van der Waals surface area contributed by atoms with Crippen LogP contribution in [0.4, 0.5) is 5.69 Å². The van der Waals surface area contributed by atoms with E-state index in [1.807, 2.05) is 0 Å². The fraction of sp³-hybridized carbons (Fsp3) is 0.263. The van der Waals surface area contributed by atoms with Crippen molar-refractivity contribution in [2.24, 2.45) is 0 Å². The second-order valence-corrected chi connectivity index (χ2v) is 8.75. The summed E-state index contributed by atoms with van der Waals surface area (Å²) in [5.41, 5.74) is 1.14. The van der Waals surface area contributed by atoms with Crippen molar-refractivity contribution < 1.29 is 18.0 Å². The molecule has 1 aliphatic carbocycles. The number of sulfonamides is 1. The van der Waals surface area contributed by atoms with Crippen LogP contribution in [-0.4, -0.2) is 44.7 Å².